The maximum atomic E-state index is 5.61. The van der Waals surface area contributed by atoms with Crippen molar-refractivity contribution < 1.29 is 0 Å². The van der Waals surface area contributed by atoms with E-state index < -0.39 is 0 Å². The second-order valence-electron chi connectivity index (χ2n) is 3.39. The maximum Gasteiger partial charge on any atom is 0.242 e. The molecule has 1 aromatic rings. The first-order valence-corrected chi connectivity index (χ1v) is 5.01. The number of H-pyrrole nitrogens is 1. The summed E-state index contributed by atoms with van der Waals surface area (Å²) in [5, 5.41) is 6.91. The molecule has 1 aliphatic heterocycles. The molecule has 0 radical (unpaired) electrons. The zero-order valence-corrected chi connectivity index (χ0v) is 8.22. The van der Waals surface area contributed by atoms with E-state index in [9.17, 15) is 0 Å². The highest BCUT2D eigenvalue weighted by Crippen LogP contribution is 2.11. The van der Waals surface area contributed by atoms with Gasteiger partial charge in [0, 0.05) is 0 Å². The number of nitrogens with one attached hydrogen (secondary N) is 1. The van der Waals surface area contributed by atoms with E-state index in [1.165, 1.54) is 19.3 Å². The highest BCUT2D eigenvalue weighted by atomic mass is 35.5. The van der Waals surface area contributed by atoms with Gasteiger partial charge >= 0.3 is 0 Å². The molecule has 0 unspecified atom stereocenters. The van der Waals surface area contributed by atoms with Gasteiger partial charge in [-0.05, 0) is 37.5 Å². The molecule has 0 saturated carbocycles. The Bertz CT molecular complexity index is 267. The van der Waals surface area contributed by atoms with Gasteiger partial charge in [-0.15, -0.1) is 5.10 Å². The van der Waals surface area contributed by atoms with Crippen LogP contribution in [0.5, 0.6) is 0 Å². The van der Waals surface area contributed by atoms with Crippen molar-refractivity contribution in [1.82, 2.24) is 20.1 Å². The zero-order valence-electron chi connectivity index (χ0n) is 7.46. The van der Waals surface area contributed by atoms with Crippen molar-refractivity contribution in [2.24, 2.45) is 0 Å². The number of nitrogens with zero attached hydrogens (tertiary/aromatic N) is 3. The number of hydrogen-bond acceptors (Lipinski definition) is 3. The lowest BCUT2D eigenvalue weighted by Gasteiger charge is -2.24. The van der Waals surface area contributed by atoms with Crippen molar-refractivity contribution in [3.63, 3.8) is 0 Å². The van der Waals surface area contributed by atoms with Gasteiger partial charge in [0.05, 0.1) is 6.54 Å². The number of piperidine rings is 1. The van der Waals surface area contributed by atoms with Gasteiger partial charge in [0.1, 0.15) is 5.82 Å². The fourth-order valence-corrected chi connectivity index (χ4v) is 1.82. The molecule has 0 amide bonds. The summed E-state index contributed by atoms with van der Waals surface area (Å²) in [6.45, 7) is 3.18. The largest absolute Gasteiger partial charge is 0.296 e. The van der Waals surface area contributed by atoms with E-state index in [4.69, 9.17) is 11.6 Å². The molecule has 72 valence electrons. The first-order valence-electron chi connectivity index (χ1n) is 4.64. The van der Waals surface area contributed by atoms with Gasteiger partial charge in [-0.2, -0.15) is 0 Å². The van der Waals surface area contributed by atoms with Crippen LogP contribution in [-0.4, -0.2) is 33.2 Å². The van der Waals surface area contributed by atoms with Crippen LogP contribution in [0.3, 0.4) is 0 Å². The third kappa shape index (κ3) is 2.42. The molecular weight excluding hydrogens is 188 g/mol. The fraction of sp³-hybridized carbons (Fsp3) is 0.750. The SMILES string of the molecule is Clc1n[nH]c(CN2CCCCC2)n1. The molecule has 0 spiro atoms. The summed E-state index contributed by atoms with van der Waals surface area (Å²) in [7, 11) is 0. The molecule has 5 heteroatoms. The van der Waals surface area contributed by atoms with Gasteiger partial charge in [-0.25, -0.2) is 4.98 Å². The predicted molar refractivity (Wildman–Crippen MR) is 50.5 cm³/mol. The first-order chi connectivity index (χ1) is 6.34. The van der Waals surface area contributed by atoms with Crippen LogP contribution in [0.1, 0.15) is 25.1 Å². The topological polar surface area (TPSA) is 44.8 Å². The van der Waals surface area contributed by atoms with Crippen molar-refractivity contribution in [3.8, 4) is 0 Å². The molecule has 0 atom stereocenters. The van der Waals surface area contributed by atoms with E-state index in [1.807, 2.05) is 0 Å². The molecule has 0 aliphatic carbocycles. The van der Waals surface area contributed by atoms with E-state index in [2.05, 4.69) is 20.1 Å². The molecule has 0 aromatic carbocycles. The third-order valence-corrected chi connectivity index (χ3v) is 2.50. The Hall–Kier alpha value is -0.610. The summed E-state index contributed by atoms with van der Waals surface area (Å²) >= 11 is 5.61. The van der Waals surface area contributed by atoms with E-state index in [0.717, 1.165) is 25.5 Å². The lowest BCUT2D eigenvalue weighted by atomic mass is 10.1. The van der Waals surface area contributed by atoms with Crippen LogP contribution < -0.4 is 0 Å². The minimum Gasteiger partial charge on any atom is -0.296 e. The van der Waals surface area contributed by atoms with E-state index in [1.54, 1.807) is 0 Å². The second kappa shape index (κ2) is 4.07. The summed E-state index contributed by atoms with van der Waals surface area (Å²) in [6, 6.07) is 0. The average molecular weight is 201 g/mol. The Kier molecular flexibility index (Phi) is 2.80. The third-order valence-electron chi connectivity index (χ3n) is 2.33. The fourth-order valence-electron chi connectivity index (χ4n) is 1.67. The number of rotatable bonds is 2. The van der Waals surface area contributed by atoms with Crippen molar-refractivity contribution in [2.75, 3.05) is 13.1 Å². The van der Waals surface area contributed by atoms with Gasteiger partial charge in [0.25, 0.3) is 0 Å². The van der Waals surface area contributed by atoms with Gasteiger partial charge in [0.2, 0.25) is 5.28 Å². The van der Waals surface area contributed by atoms with E-state index >= 15 is 0 Å². The van der Waals surface area contributed by atoms with Crippen LogP contribution in [0.4, 0.5) is 0 Å². The number of aromatic nitrogens is 3. The second-order valence-corrected chi connectivity index (χ2v) is 3.73. The molecule has 1 aromatic heterocycles. The Morgan fingerprint density at radius 2 is 2.08 bits per heavy atom. The van der Waals surface area contributed by atoms with Crippen molar-refractivity contribution >= 4 is 11.6 Å². The quantitative estimate of drug-likeness (QED) is 0.786. The zero-order chi connectivity index (χ0) is 9.10. The molecule has 1 aliphatic rings. The van der Waals surface area contributed by atoms with Crippen molar-refractivity contribution in [2.45, 2.75) is 25.8 Å². The van der Waals surface area contributed by atoms with Crippen molar-refractivity contribution in [1.29, 1.82) is 0 Å². The summed E-state index contributed by atoms with van der Waals surface area (Å²) in [4.78, 5) is 6.44. The highest BCUT2D eigenvalue weighted by Gasteiger charge is 2.12. The molecule has 1 fully saturated rings. The average Bonchev–Trinajstić information content (AvgIpc) is 2.53. The summed E-state index contributed by atoms with van der Waals surface area (Å²) < 4.78 is 0. The number of hydrogen-bond donors (Lipinski definition) is 1. The maximum absolute atomic E-state index is 5.61. The van der Waals surface area contributed by atoms with Crippen LogP contribution >= 0.6 is 11.6 Å². The molecular formula is C8H13ClN4. The normalized spacial score (nSPS) is 19.2. The molecule has 1 saturated heterocycles. The first kappa shape index (κ1) is 8.97. The summed E-state index contributed by atoms with van der Waals surface area (Å²) in [5.74, 6) is 0.868. The summed E-state index contributed by atoms with van der Waals surface area (Å²) in [6.07, 6.45) is 3.94. The Morgan fingerprint density at radius 1 is 1.31 bits per heavy atom. The van der Waals surface area contributed by atoms with Gasteiger partial charge in [0.15, 0.2) is 0 Å². The standard InChI is InChI=1S/C8H13ClN4/c9-8-10-7(11-12-8)6-13-4-2-1-3-5-13/h1-6H2,(H,10,11,12). The predicted octanol–water partition coefficient (Wildman–Crippen LogP) is 1.44. The van der Waals surface area contributed by atoms with E-state index in [-0.39, 0.29) is 0 Å². The van der Waals surface area contributed by atoms with Crippen LogP contribution in [0.2, 0.25) is 5.28 Å². The van der Waals surface area contributed by atoms with Gasteiger partial charge in [-0.3, -0.25) is 10.00 Å². The van der Waals surface area contributed by atoms with Crippen LogP contribution in [0.15, 0.2) is 0 Å². The smallest absolute Gasteiger partial charge is 0.242 e. The number of likely N-dealkylation sites (tertiary alicyclic amines) is 1. The van der Waals surface area contributed by atoms with E-state index in [0.29, 0.717) is 5.28 Å². The van der Waals surface area contributed by atoms with Gasteiger partial charge in [-0.1, -0.05) is 6.42 Å². The van der Waals surface area contributed by atoms with Crippen molar-refractivity contribution in [3.05, 3.63) is 11.1 Å². The van der Waals surface area contributed by atoms with Gasteiger partial charge < -0.3 is 0 Å². The highest BCUT2D eigenvalue weighted by molar-refractivity contribution is 6.28. The van der Waals surface area contributed by atoms with Crippen LogP contribution in [0, 0.1) is 0 Å². The molecule has 2 heterocycles. The Morgan fingerprint density at radius 3 is 2.69 bits per heavy atom. The molecule has 0 bridgehead atoms. The number of halogens is 1. The minimum absolute atomic E-state index is 0.312. The van der Waals surface area contributed by atoms with Crippen LogP contribution in [0.25, 0.3) is 0 Å². The van der Waals surface area contributed by atoms with Crippen LogP contribution in [-0.2, 0) is 6.54 Å². The lowest BCUT2D eigenvalue weighted by molar-refractivity contribution is 0.216. The number of aromatic amines is 1. The molecule has 1 N–H and O–H groups in total. The summed E-state index contributed by atoms with van der Waals surface area (Å²) in [5.41, 5.74) is 0. The monoisotopic (exact) mass is 200 g/mol. The Labute approximate surface area is 82.3 Å². The Balaban J connectivity index is 1.89. The molecule has 4 nitrogen and oxygen atoms in total. The lowest BCUT2D eigenvalue weighted by Crippen LogP contribution is -2.29. The molecule has 2 rings (SSSR count). The molecule has 13 heavy (non-hydrogen) atoms. The minimum atomic E-state index is 0.312.